The van der Waals surface area contributed by atoms with Crippen LogP contribution in [0.1, 0.15) is 45.1 Å². The number of carbonyl (C=O) groups is 3. The van der Waals surface area contributed by atoms with E-state index in [4.69, 9.17) is 26.8 Å². The molecule has 31 heavy (non-hydrogen) atoms. The number of carbonyl (C=O) groups excluding carboxylic acids is 3. The minimum atomic E-state index is -0.845. The van der Waals surface area contributed by atoms with Crippen LogP contribution in [0.5, 0.6) is 0 Å². The molecule has 2 atom stereocenters. The average molecular weight is 465 g/mol. The molecule has 0 bridgehead atoms. The van der Waals surface area contributed by atoms with Gasteiger partial charge in [-0.2, -0.15) is 0 Å². The summed E-state index contributed by atoms with van der Waals surface area (Å²) in [6.07, 6.45) is 1.53. The van der Waals surface area contributed by atoms with E-state index in [1.165, 1.54) is 16.7 Å². The number of nitrogens with zero attached hydrogens (tertiary/aromatic N) is 1. The van der Waals surface area contributed by atoms with Crippen molar-refractivity contribution >= 4 is 41.2 Å². The summed E-state index contributed by atoms with van der Waals surface area (Å²) < 4.78 is 10.8. The summed E-state index contributed by atoms with van der Waals surface area (Å²) in [7, 11) is 0. The van der Waals surface area contributed by atoms with Gasteiger partial charge in [0.25, 0.3) is 0 Å². The molecule has 1 amide bonds. The summed E-state index contributed by atoms with van der Waals surface area (Å²) in [4.78, 5) is 40.3. The molecule has 9 heteroatoms. The van der Waals surface area contributed by atoms with E-state index in [0.29, 0.717) is 22.0 Å². The fourth-order valence-electron chi connectivity index (χ4n) is 3.51. The third kappa shape index (κ3) is 4.45. The Hall–Kier alpha value is -2.45. The van der Waals surface area contributed by atoms with Crippen LogP contribution in [0.25, 0.3) is 0 Å². The molecule has 0 spiro atoms. The van der Waals surface area contributed by atoms with Crippen molar-refractivity contribution in [3.05, 3.63) is 56.8 Å². The van der Waals surface area contributed by atoms with Gasteiger partial charge in [-0.25, -0.2) is 9.59 Å². The van der Waals surface area contributed by atoms with Gasteiger partial charge in [0.2, 0.25) is 5.91 Å². The first-order chi connectivity index (χ1) is 14.8. The van der Waals surface area contributed by atoms with Crippen molar-refractivity contribution in [2.24, 2.45) is 5.73 Å². The van der Waals surface area contributed by atoms with Gasteiger partial charge in [-0.1, -0.05) is 48.8 Å². The lowest BCUT2D eigenvalue weighted by Gasteiger charge is -2.33. The van der Waals surface area contributed by atoms with Crippen LogP contribution < -0.4 is 5.73 Å². The summed E-state index contributed by atoms with van der Waals surface area (Å²) >= 11 is 7.27. The Morgan fingerprint density at radius 1 is 1.13 bits per heavy atom. The van der Waals surface area contributed by atoms with Crippen LogP contribution >= 0.6 is 23.4 Å². The standard InChI is InChI=1S/C22H25ClN2O5S/c1-4-6-11-30-21(27)16-15(13-7-9-14(23)10-8-13)17(22(28)29-5-2)20-25(18(16)24)19(26)12(3)31-20/h7-10,12,15H,4-6,11,24H2,1-3H3/t12-,15-/m1/s1. The van der Waals surface area contributed by atoms with Crippen molar-refractivity contribution in [2.75, 3.05) is 13.2 Å². The molecule has 0 aliphatic carbocycles. The number of thioether (sulfide) groups is 1. The number of esters is 2. The molecule has 1 saturated heterocycles. The van der Waals surface area contributed by atoms with Gasteiger partial charge in [-0.15, -0.1) is 0 Å². The first-order valence-electron chi connectivity index (χ1n) is 10.2. The highest BCUT2D eigenvalue weighted by molar-refractivity contribution is 8.04. The Bertz CT molecular complexity index is 957. The lowest BCUT2D eigenvalue weighted by atomic mass is 9.82. The van der Waals surface area contributed by atoms with E-state index < -0.39 is 23.1 Å². The van der Waals surface area contributed by atoms with Crippen LogP contribution in [0.3, 0.4) is 0 Å². The monoisotopic (exact) mass is 464 g/mol. The quantitative estimate of drug-likeness (QED) is 0.485. The van der Waals surface area contributed by atoms with Crippen molar-refractivity contribution in [3.8, 4) is 0 Å². The fourth-order valence-corrected chi connectivity index (χ4v) is 4.80. The second-order valence-electron chi connectivity index (χ2n) is 7.15. The molecule has 1 aromatic rings. The maximum absolute atomic E-state index is 13.1. The first-order valence-corrected chi connectivity index (χ1v) is 11.4. The molecule has 0 aromatic heterocycles. The zero-order valence-electron chi connectivity index (χ0n) is 17.6. The Kier molecular flexibility index (Phi) is 7.33. The summed E-state index contributed by atoms with van der Waals surface area (Å²) in [6, 6.07) is 6.78. The highest BCUT2D eigenvalue weighted by Gasteiger charge is 2.49. The van der Waals surface area contributed by atoms with Gasteiger partial charge in [-0.05, 0) is 38.0 Å². The number of hydrogen-bond acceptors (Lipinski definition) is 7. The molecule has 2 N–H and O–H groups in total. The Labute approximate surface area is 190 Å². The number of ether oxygens (including phenoxy) is 2. The molecule has 7 nitrogen and oxygen atoms in total. The minimum Gasteiger partial charge on any atom is -0.463 e. The van der Waals surface area contributed by atoms with Crippen LogP contribution in [0.2, 0.25) is 5.02 Å². The van der Waals surface area contributed by atoms with Crippen molar-refractivity contribution in [1.82, 2.24) is 4.90 Å². The molecule has 1 fully saturated rings. The lowest BCUT2D eigenvalue weighted by Crippen LogP contribution is -2.40. The second kappa shape index (κ2) is 9.78. The van der Waals surface area contributed by atoms with Crippen LogP contribution in [0.4, 0.5) is 0 Å². The molecule has 2 aliphatic rings. The Morgan fingerprint density at radius 3 is 2.39 bits per heavy atom. The number of halogens is 1. The predicted octanol–water partition coefficient (Wildman–Crippen LogP) is 3.69. The number of unbranched alkanes of at least 4 members (excludes halogenated alkanes) is 1. The molecule has 0 radical (unpaired) electrons. The van der Waals surface area contributed by atoms with E-state index in [1.807, 2.05) is 6.92 Å². The number of hydrogen-bond donors (Lipinski definition) is 1. The normalized spacial score (nSPS) is 20.8. The van der Waals surface area contributed by atoms with Gasteiger partial charge < -0.3 is 15.2 Å². The highest BCUT2D eigenvalue weighted by Crippen LogP contribution is 2.49. The van der Waals surface area contributed by atoms with Gasteiger partial charge in [-0.3, -0.25) is 9.69 Å². The Morgan fingerprint density at radius 2 is 1.77 bits per heavy atom. The summed E-state index contributed by atoms with van der Waals surface area (Å²) in [5, 5.41) is 0.437. The predicted molar refractivity (Wildman–Crippen MR) is 119 cm³/mol. The van der Waals surface area contributed by atoms with E-state index >= 15 is 0 Å². The van der Waals surface area contributed by atoms with Crippen LogP contribution in [0.15, 0.2) is 46.3 Å². The summed E-state index contributed by atoms with van der Waals surface area (Å²) in [5.74, 6) is -2.44. The molecule has 1 aromatic carbocycles. The molecule has 166 valence electrons. The first kappa shape index (κ1) is 23.2. The van der Waals surface area contributed by atoms with E-state index in [2.05, 4.69) is 0 Å². The third-order valence-corrected chi connectivity index (χ3v) is 6.47. The molecule has 2 aliphatic heterocycles. The number of fused-ring (bicyclic) bond motifs is 1. The van der Waals surface area contributed by atoms with Gasteiger partial charge in [0.05, 0.1) is 40.6 Å². The van der Waals surface area contributed by atoms with Crippen molar-refractivity contribution in [3.63, 3.8) is 0 Å². The van der Waals surface area contributed by atoms with Crippen LogP contribution in [0, 0.1) is 0 Å². The molecule has 0 unspecified atom stereocenters. The van der Waals surface area contributed by atoms with Crippen molar-refractivity contribution in [2.45, 2.75) is 44.8 Å². The third-order valence-electron chi connectivity index (χ3n) is 5.03. The van der Waals surface area contributed by atoms with Gasteiger partial charge in [0.15, 0.2) is 0 Å². The van der Waals surface area contributed by atoms with E-state index in [0.717, 1.165) is 6.42 Å². The van der Waals surface area contributed by atoms with Crippen molar-refractivity contribution in [1.29, 1.82) is 0 Å². The average Bonchev–Trinajstić information content (AvgIpc) is 3.03. The maximum atomic E-state index is 13.1. The Balaban J connectivity index is 2.21. The van der Waals surface area contributed by atoms with E-state index in [9.17, 15) is 14.4 Å². The van der Waals surface area contributed by atoms with E-state index in [-0.39, 0.29) is 36.1 Å². The lowest BCUT2D eigenvalue weighted by molar-refractivity contribution is -0.140. The summed E-state index contributed by atoms with van der Waals surface area (Å²) in [5.41, 5.74) is 7.24. The largest absolute Gasteiger partial charge is 0.463 e. The van der Waals surface area contributed by atoms with Gasteiger partial charge in [0.1, 0.15) is 5.82 Å². The zero-order chi connectivity index (χ0) is 22.7. The molecular formula is C22H25ClN2O5S. The number of rotatable bonds is 7. The van der Waals surface area contributed by atoms with Crippen LogP contribution in [-0.2, 0) is 23.9 Å². The zero-order valence-corrected chi connectivity index (χ0v) is 19.2. The van der Waals surface area contributed by atoms with Gasteiger partial charge in [0, 0.05) is 5.02 Å². The molecule has 2 heterocycles. The SMILES string of the molecule is CCCCOC(=O)C1=C(N)N2C(=O)[C@@H](C)SC2=C(C(=O)OCC)[C@@H]1c1ccc(Cl)cc1. The summed E-state index contributed by atoms with van der Waals surface area (Å²) in [6.45, 7) is 5.76. The van der Waals surface area contributed by atoms with Crippen LogP contribution in [-0.4, -0.2) is 41.2 Å². The molecule has 3 rings (SSSR count). The van der Waals surface area contributed by atoms with Gasteiger partial charge >= 0.3 is 11.9 Å². The maximum Gasteiger partial charge on any atom is 0.338 e. The van der Waals surface area contributed by atoms with E-state index in [1.54, 1.807) is 38.1 Å². The smallest absolute Gasteiger partial charge is 0.338 e. The highest BCUT2D eigenvalue weighted by atomic mass is 35.5. The molecule has 0 saturated carbocycles. The topological polar surface area (TPSA) is 98.9 Å². The minimum absolute atomic E-state index is 0.0219. The number of nitrogens with two attached hydrogens (primary N) is 1. The fraction of sp³-hybridized carbons (Fsp3) is 0.409. The second-order valence-corrected chi connectivity index (χ2v) is 8.91. The number of amides is 1. The molecular weight excluding hydrogens is 440 g/mol. The van der Waals surface area contributed by atoms with Crippen molar-refractivity contribution < 1.29 is 23.9 Å². The number of benzene rings is 1.